The van der Waals surface area contributed by atoms with Crippen LogP contribution in [0, 0.1) is 0 Å². The van der Waals surface area contributed by atoms with Crippen molar-refractivity contribution in [2.24, 2.45) is 0 Å². The molecule has 3 aliphatic rings. The number of hydrogen-bond donors (Lipinski definition) is 1. The van der Waals surface area contributed by atoms with Gasteiger partial charge in [0.1, 0.15) is 25.0 Å². The van der Waals surface area contributed by atoms with Crippen LogP contribution in [0.3, 0.4) is 0 Å². The molecule has 0 radical (unpaired) electrons. The summed E-state index contributed by atoms with van der Waals surface area (Å²) in [5.41, 5.74) is 2.77. The minimum absolute atomic E-state index is 0.0275. The molecule has 8 nitrogen and oxygen atoms in total. The zero-order chi connectivity index (χ0) is 26.3. The molecule has 8 heteroatoms. The van der Waals surface area contributed by atoms with Gasteiger partial charge in [-0.2, -0.15) is 0 Å². The highest BCUT2D eigenvalue weighted by atomic mass is 16.5. The number of nitrogens with zero attached hydrogens (tertiary/aromatic N) is 2. The highest BCUT2D eigenvalue weighted by Crippen LogP contribution is 2.34. The standard InChI is InChI=1S/C26H27N3O5/c1-17-5-10-22(25(31)27-17)29-14-21-20(26(29)32)3-2-4-23(21)34-15-19-8-6-18(7-9-19)13-28-11-12-33-16-24(28)30/h2-4,6-9,22H,1,5,10-16H2,(H,27,31)/i5D,10D,22D. The van der Waals surface area contributed by atoms with E-state index < -0.39 is 30.6 Å². The number of morpholine rings is 1. The van der Waals surface area contributed by atoms with Crippen molar-refractivity contribution in [1.82, 2.24) is 15.1 Å². The second kappa shape index (κ2) is 9.30. The number of allylic oxidation sites excluding steroid dienone is 1. The molecule has 34 heavy (non-hydrogen) atoms. The van der Waals surface area contributed by atoms with E-state index in [-0.39, 0.29) is 31.4 Å². The maximum absolute atomic E-state index is 13.2. The molecular formula is C26H27N3O5. The Morgan fingerprint density at radius 1 is 1.18 bits per heavy atom. The van der Waals surface area contributed by atoms with E-state index in [1.807, 2.05) is 24.3 Å². The van der Waals surface area contributed by atoms with E-state index in [1.165, 1.54) is 0 Å². The molecule has 0 spiro atoms. The number of nitrogens with one attached hydrogen (secondary N) is 1. The molecule has 0 bridgehead atoms. The largest absolute Gasteiger partial charge is 0.489 e. The number of benzene rings is 2. The first-order valence-corrected chi connectivity index (χ1v) is 11.0. The smallest absolute Gasteiger partial charge is 0.255 e. The Kier molecular flexibility index (Phi) is 5.13. The Bertz CT molecular complexity index is 1270. The minimum atomic E-state index is -2.27. The molecular weight excluding hydrogens is 434 g/mol. The first-order valence-electron chi connectivity index (χ1n) is 12.7. The molecule has 2 aromatic carbocycles. The molecule has 176 valence electrons. The van der Waals surface area contributed by atoms with Crippen molar-refractivity contribution >= 4 is 17.7 Å². The predicted molar refractivity (Wildman–Crippen MR) is 124 cm³/mol. The molecule has 3 atom stereocenters. The number of ether oxygens (including phenoxy) is 2. The van der Waals surface area contributed by atoms with Crippen LogP contribution < -0.4 is 10.1 Å². The second-order valence-electron chi connectivity index (χ2n) is 8.34. The lowest BCUT2D eigenvalue weighted by molar-refractivity contribution is -0.143. The summed E-state index contributed by atoms with van der Waals surface area (Å²) in [4.78, 5) is 40.7. The first kappa shape index (κ1) is 18.7. The second-order valence-corrected chi connectivity index (χ2v) is 8.34. The van der Waals surface area contributed by atoms with Crippen LogP contribution in [-0.2, 0) is 34.0 Å². The van der Waals surface area contributed by atoms with Gasteiger partial charge < -0.3 is 24.6 Å². The first-order chi connectivity index (χ1) is 17.7. The van der Waals surface area contributed by atoms with Gasteiger partial charge in [-0.15, -0.1) is 0 Å². The molecule has 0 aromatic heterocycles. The zero-order valence-electron chi connectivity index (χ0n) is 21.6. The van der Waals surface area contributed by atoms with Crippen LogP contribution in [0.2, 0.25) is 0 Å². The Morgan fingerprint density at radius 2 is 1.97 bits per heavy atom. The zero-order valence-corrected chi connectivity index (χ0v) is 18.6. The van der Waals surface area contributed by atoms with Crippen LogP contribution in [0.1, 0.15) is 44.0 Å². The van der Waals surface area contributed by atoms with Crippen molar-refractivity contribution in [3.8, 4) is 5.75 Å². The van der Waals surface area contributed by atoms with E-state index >= 15 is 0 Å². The van der Waals surface area contributed by atoms with Crippen molar-refractivity contribution in [2.45, 2.75) is 38.5 Å². The summed E-state index contributed by atoms with van der Waals surface area (Å²) in [7, 11) is 0. The Hall–Kier alpha value is -3.65. The summed E-state index contributed by atoms with van der Waals surface area (Å²) in [6.45, 7) is 5.45. The van der Waals surface area contributed by atoms with E-state index in [0.29, 0.717) is 36.6 Å². The molecule has 3 aliphatic heterocycles. The lowest BCUT2D eigenvalue weighted by atomic mass is 10.0. The van der Waals surface area contributed by atoms with Gasteiger partial charge in [0.2, 0.25) is 11.8 Å². The van der Waals surface area contributed by atoms with Gasteiger partial charge in [-0.25, -0.2) is 0 Å². The van der Waals surface area contributed by atoms with E-state index in [9.17, 15) is 14.4 Å². The highest BCUT2D eigenvalue weighted by molar-refractivity contribution is 6.02. The fraction of sp³-hybridized carbons (Fsp3) is 0.346. The number of carbonyl (C=O) groups is 3. The quantitative estimate of drug-likeness (QED) is 0.709. The third-order valence-electron chi connectivity index (χ3n) is 6.04. The molecule has 3 amide bonds. The molecule has 3 unspecified atom stereocenters. The fourth-order valence-corrected chi connectivity index (χ4v) is 4.19. The van der Waals surface area contributed by atoms with Crippen LogP contribution in [0.15, 0.2) is 54.7 Å². The lowest BCUT2D eigenvalue weighted by Gasteiger charge is -2.31. The number of hydrogen-bond acceptors (Lipinski definition) is 5. The molecule has 2 fully saturated rings. The van der Waals surface area contributed by atoms with Crippen LogP contribution >= 0.6 is 0 Å². The van der Waals surface area contributed by atoms with Gasteiger partial charge >= 0.3 is 0 Å². The highest BCUT2D eigenvalue weighted by Gasteiger charge is 2.39. The average Bonchev–Trinajstić information content (AvgIpc) is 3.24. The monoisotopic (exact) mass is 464 g/mol. The molecule has 2 saturated heterocycles. The van der Waals surface area contributed by atoms with E-state index in [4.69, 9.17) is 13.6 Å². The third kappa shape index (κ3) is 4.41. The average molecular weight is 465 g/mol. The van der Waals surface area contributed by atoms with Gasteiger partial charge in [0, 0.05) is 32.7 Å². The SMILES string of the molecule is [2H]C1C(=C)NC(=O)C([2H])(N2Cc3c(OCc4ccc(CN5CCOCC5=O)cc4)cccc3C2=O)C1[2H]. The maximum Gasteiger partial charge on any atom is 0.255 e. The number of piperidine rings is 1. The van der Waals surface area contributed by atoms with Crippen LogP contribution in [0.25, 0.3) is 0 Å². The number of carbonyl (C=O) groups excluding carboxylic acids is 3. The summed E-state index contributed by atoms with van der Waals surface area (Å²) in [6.07, 6.45) is -2.74. The van der Waals surface area contributed by atoms with E-state index in [0.717, 1.165) is 16.0 Å². The molecule has 1 N–H and O–H groups in total. The number of fused-ring (bicyclic) bond motifs is 1. The van der Waals surface area contributed by atoms with Gasteiger partial charge in [0.25, 0.3) is 5.91 Å². The van der Waals surface area contributed by atoms with Crippen LogP contribution in [-0.4, -0.2) is 53.3 Å². The predicted octanol–water partition coefficient (Wildman–Crippen LogP) is 2.37. The van der Waals surface area contributed by atoms with Crippen LogP contribution in [0.4, 0.5) is 0 Å². The Balaban J connectivity index is 1.28. The van der Waals surface area contributed by atoms with Gasteiger partial charge in [-0.3, -0.25) is 14.4 Å². The minimum Gasteiger partial charge on any atom is -0.489 e. The molecule has 2 aromatic rings. The molecule has 0 saturated carbocycles. The van der Waals surface area contributed by atoms with E-state index in [1.54, 1.807) is 23.1 Å². The third-order valence-corrected chi connectivity index (χ3v) is 6.04. The van der Waals surface area contributed by atoms with Crippen molar-refractivity contribution < 1.29 is 28.0 Å². The number of rotatable bonds is 6. The molecule has 5 rings (SSSR count). The Labute approximate surface area is 202 Å². The molecule has 3 heterocycles. The summed E-state index contributed by atoms with van der Waals surface area (Å²) < 4.78 is 36.4. The maximum atomic E-state index is 13.2. The van der Waals surface area contributed by atoms with Gasteiger partial charge in [0.15, 0.2) is 0 Å². The van der Waals surface area contributed by atoms with Crippen molar-refractivity contribution in [1.29, 1.82) is 0 Å². The summed E-state index contributed by atoms with van der Waals surface area (Å²) in [5.74, 6) is -0.974. The van der Waals surface area contributed by atoms with Crippen molar-refractivity contribution in [2.75, 3.05) is 19.8 Å². The Morgan fingerprint density at radius 3 is 2.76 bits per heavy atom. The van der Waals surface area contributed by atoms with E-state index in [2.05, 4.69) is 11.9 Å². The summed E-state index contributed by atoms with van der Waals surface area (Å²) in [5, 5.41) is 2.39. The summed E-state index contributed by atoms with van der Waals surface area (Å²) in [6, 6.07) is 10.4. The lowest BCUT2D eigenvalue weighted by Crippen LogP contribution is -2.49. The van der Waals surface area contributed by atoms with Crippen molar-refractivity contribution in [3.05, 3.63) is 77.0 Å². The summed E-state index contributed by atoms with van der Waals surface area (Å²) >= 11 is 0. The van der Waals surface area contributed by atoms with Gasteiger partial charge in [-0.05, 0) is 36.1 Å². The van der Waals surface area contributed by atoms with Crippen molar-refractivity contribution in [3.63, 3.8) is 0 Å². The van der Waals surface area contributed by atoms with Crippen LogP contribution in [0.5, 0.6) is 5.75 Å². The normalized spacial score (nSPS) is 28.2. The fourth-order valence-electron chi connectivity index (χ4n) is 4.19. The number of amides is 3. The molecule has 0 aliphatic carbocycles. The topological polar surface area (TPSA) is 88.2 Å². The van der Waals surface area contributed by atoms with Gasteiger partial charge in [0.05, 0.1) is 14.5 Å². The van der Waals surface area contributed by atoms with Gasteiger partial charge in [-0.1, -0.05) is 36.9 Å².